The van der Waals surface area contributed by atoms with Crippen molar-refractivity contribution < 1.29 is 19.1 Å². The second-order valence-electron chi connectivity index (χ2n) is 9.35. The zero-order valence-electron chi connectivity index (χ0n) is 19.3. The first-order valence-corrected chi connectivity index (χ1v) is 13.2. The summed E-state index contributed by atoms with van der Waals surface area (Å²) < 4.78 is 14.4. The Bertz CT molecular complexity index is 1500. The number of amides is 2. The number of para-hydroxylation sites is 1. The molecule has 2 saturated heterocycles. The first-order chi connectivity index (χ1) is 17.5. The number of H-pyrrole nitrogens is 1. The van der Waals surface area contributed by atoms with Crippen LogP contribution in [0.1, 0.15) is 51.5 Å². The standard InChI is InChI=1S/C26H24ClFN4O3S/c27-22-15-9-8-14(28)12-20(15)36-24(22)26(35)32-11-3-6-18-19(32)7-2-10-31(18)25(34)16-4-1-5-17-23(16)30-21(13-33)29-17/h1,4-5,8-9,12,18-19,33H,2-3,6-7,10-11,13H2,(H,29,30). The van der Waals surface area contributed by atoms with Crippen molar-refractivity contribution in [3.05, 3.63) is 63.5 Å². The van der Waals surface area contributed by atoms with Crippen molar-refractivity contribution in [1.82, 2.24) is 19.8 Å². The monoisotopic (exact) mass is 526 g/mol. The van der Waals surface area contributed by atoms with Gasteiger partial charge in [0, 0.05) is 23.2 Å². The molecule has 0 radical (unpaired) electrons. The van der Waals surface area contributed by atoms with Gasteiger partial charge in [0.25, 0.3) is 11.8 Å². The molecular weight excluding hydrogens is 503 g/mol. The number of benzene rings is 2. The van der Waals surface area contributed by atoms with Gasteiger partial charge in [0.2, 0.25) is 0 Å². The maximum atomic E-state index is 13.8. The van der Waals surface area contributed by atoms with Crippen molar-refractivity contribution in [1.29, 1.82) is 0 Å². The number of carbonyl (C=O) groups excluding carboxylic acids is 2. The lowest BCUT2D eigenvalue weighted by Crippen LogP contribution is -2.61. The molecule has 2 fully saturated rings. The number of piperidine rings is 2. The molecule has 0 spiro atoms. The number of imidazole rings is 1. The minimum absolute atomic E-state index is 0.110. The zero-order valence-corrected chi connectivity index (χ0v) is 20.9. The van der Waals surface area contributed by atoms with Gasteiger partial charge >= 0.3 is 0 Å². The van der Waals surface area contributed by atoms with Gasteiger partial charge in [-0.25, -0.2) is 9.37 Å². The third-order valence-corrected chi connectivity index (χ3v) is 8.94. The first-order valence-electron chi connectivity index (χ1n) is 12.0. The summed E-state index contributed by atoms with van der Waals surface area (Å²) in [7, 11) is 0. The van der Waals surface area contributed by atoms with E-state index in [1.165, 1.54) is 23.5 Å². The van der Waals surface area contributed by atoms with Crippen LogP contribution < -0.4 is 0 Å². The number of likely N-dealkylation sites (tertiary alicyclic amines) is 2. The Hall–Kier alpha value is -3.01. The average molecular weight is 527 g/mol. The Balaban J connectivity index is 1.31. The highest BCUT2D eigenvalue weighted by molar-refractivity contribution is 7.21. The van der Waals surface area contributed by atoms with Gasteiger partial charge in [-0.3, -0.25) is 9.59 Å². The summed E-state index contributed by atoms with van der Waals surface area (Å²) in [6.45, 7) is 0.967. The van der Waals surface area contributed by atoms with E-state index >= 15 is 0 Å². The lowest BCUT2D eigenvalue weighted by molar-refractivity contribution is 0.00987. The number of aliphatic hydroxyl groups excluding tert-OH is 1. The van der Waals surface area contributed by atoms with Gasteiger partial charge < -0.3 is 19.9 Å². The number of aliphatic hydroxyl groups is 1. The molecule has 0 bridgehead atoms. The zero-order chi connectivity index (χ0) is 25.0. The number of nitrogens with one attached hydrogen (secondary N) is 1. The second kappa shape index (κ2) is 9.14. The van der Waals surface area contributed by atoms with Crippen LogP contribution in [0, 0.1) is 5.82 Å². The van der Waals surface area contributed by atoms with Crippen LogP contribution in [0.3, 0.4) is 0 Å². The molecule has 0 saturated carbocycles. The van der Waals surface area contributed by atoms with Crippen molar-refractivity contribution >= 4 is 55.9 Å². The number of carbonyl (C=O) groups is 2. The molecular formula is C26H24ClFN4O3S. The topological polar surface area (TPSA) is 89.5 Å². The molecule has 2 aromatic carbocycles. The number of rotatable bonds is 3. The number of halogens is 2. The summed E-state index contributed by atoms with van der Waals surface area (Å²) in [5, 5.41) is 10.5. The van der Waals surface area contributed by atoms with Crippen LogP contribution in [0.25, 0.3) is 21.1 Å². The van der Waals surface area contributed by atoms with E-state index in [4.69, 9.17) is 11.6 Å². The highest BCUT2D eigenvalue weighted by Crippen LogP contribution is 2.39. The van der Waals surface area contributed by atoms with Crippen LogP contribution in [0.4, 0.5) is 4.39 Å². The van der Waals surface area contributed by atoms with E-state index in [0.29, 0.717) is 55.5 Å². The predicted octanol–water partition coefficient (Wildman–Crippen LogP) is 4.97. The third-order valence-electron chi connectivity index (χ3n) is 7.29. The highest BCUT2D eigenvalue weighted by Gasteiger charge is 2.43. The predicted molar refractivity (Wildman–Crippen MR) is 137 cm³/mol. The van der Waals surface area contributed by atoms with Crippen molar-refractivity contribution in [3.63, 3.8) is 0 Å². The molecule has 186 valence electrons. The fraction of sp³-hybridized carbons (Fsp3) is 0.346. The Morgan fingerprint density at radius 1 is 1.11 bits per heavy atom. The van der Waals surface area contributed by atoms with Crippen LogP contribution >= 0.6 is 22.9 Å². The Morgan fingerprint density at radius 3 is 2.56 bits per heavy atom. The van der Waals surface area contributed by atoms with Crippen molar-refractivity contribution in [3.8, 4) is 0 Å². The van der Waals surface area contributed by atoms with E-state index in [9.17, 15) is 19.1 Å². The number of nitrogens with zero attached hydrogens (tertiary/aromatic N) is 3. The fourth-order valence-corrected chi connectivity index (χ4v) is 7.17. The second-order valence-corrected chi connectivity index (χ2v) is 10.8. The van der Waals surface area contributed by atoms with Gasteiger partial charge in [0.1, 0.15) is 28.6 Å². The van der Waals surface area contributed by atoms with E-state index in [2.05, 4.69) is 9.97 Å². The van der Waals surface area contributed by atoms with Crippen LogP contribution in [-0.4, -0.2) is 61.9 Å². The summed E-state index contributed by atoms with van der Waals surface area (Å²) in [4.78, 5) is 39.1. The van der Waals surface area contributed by atoms with Crippen molar-refractivity contribution in [2.24, 2.45) is 0 Å². The average Bonchev–Trinajstić information content (AvgIpc) is 3.47. The first kappa shape index (κ1) is 23.4. The molecule has 2 aromatic heterocycles. The number of hydrogen-bond acceptors (Lipinski definition) is 5. The van der Waals surface area contributed by atoms with Crippen LogP contribution in [0.15, 0.2) is 36.4 Å². The molecule has 2 atom stereocenters. The minimum atomic E-state index is -0.364. The third kappa shape index (κ3) is 3.77. The van der Waals surface area contributed by atoms with Crippen molar-refractivity contribution in [2.75, 3.05) is 13.1 Å². The molecule has 0 aliphatic carbocycles. The lowest BCUT2D eigenvalue weighted by atomic mass is 9.87. The smallest absolute Gasteiger partial charge is 0.265 e. The maximum absolute atomic E-state index is 13.8. The SMILES string of the molecule is O=C(c1sc2cc(F)ccc2c1Cl)N1CCCC2C1CCCN2C(=O)c1cccc2[nH]c(CO)nc12. The molecule has 10 heteroatoms. The summed E-state index contributed by atoms with van der Waals surface area (Å²) in [6.07, 6.45) is 3.16. The Kier molecular flexibility index (Phi) is 5.94. The number of aromatic amines is 1. The van der Waals surface area contributed by atoms with Crippen LogP contribution in [0.5, 0.6) is 0 Å². The van der Waals surface area contributed by atoms with E-state index in [1.807, 2.05) is 15.9 Å². The van der Waals surface area contributed by atoms with Gasteiger partial charge in [-0.2, -0.15) is 0 Å². The van der Waals surface area contributed by atoms with E-state index in [1.54, 1.807) is 18.2 Å². The van der Waals surface area contributed by atoms with E-state index in [-0.39, 0.29) is 36.3 Å². The molecule has 2 amide bonds. The van der Waals surface area contributed by atoms with Gasteiger partial charge in [0.15, 0.2) is 0 Å². The maximum Gasteiger partial charge on any atom is 0.265 e. The fourth-order valence-electron chi connectivity index (χ4n) is 5.68. The number of aromatic nitrogens is 2. The summed E-state index contributed by atoms with van der Waals surface area (Å²) in [5.74, 6) is -0.225. The van der Waals surface area contributed by atoms with E-state index in [0.717, 1.165) is 25.7 Å². The molecule has 2 aliphatic heterocycles. The van der Waals surface area contributed by atoms with E-state index < -0.39 is 0 Å². The van der Waals surface area contributed by atoms with Crippen molar-refractivity contribution in [2.45, 2.75) is 44.4 Å². The summed E-state index contributed by atoms with van der Waals surface area (Å²) in [6, 6.07) is 9.53. The molecule has 2 N–H and O–H groups in total. The van der Waals surface area contributed by atoms with Gasteiger partial charge in [-0.1, -0.05) is 17.7 Å². The molecule has 2 aliphatic rings. The van der Waals surface area contributed by atoms with Gasteiger partial charge in [-0.05, 0) is 56.0 Å². The van der Waals surface area contributed by atoms with Crippen LogP contribution in [0.2, 0.25) is 5.02 Å². The molecule has 36 heavy (non-hydrogen) atoms. The molecule has 7 nitrogen and oxygen atoms in total. The minimum Gasteiger partial charge on any atom is -0.388 e. The lowest BCUT2D eigenvalue weighted by Gasteiger charge is -2.49. The quantitative estimate of drug-likeness (QED) is 0.394. The van der Waals surface area contributed by atoms with Crippen LogP contribution in [-0.2, 0) is 6.61 Å². The Morgan fingerprint density at radius 2 is 1.83 bits per heavy atom. The van der Waals surface area contributed by atoms with Gasteiger partial charge in [0.05, 0.1) is 28.2 Å². The number of thiophene rings is 1. The molecule has 2 unspecified atom stereocenters. The Labute approximate surface area is 215 Å². The number of hydrogen-bond donors (Lipinski definition) is 2. The summed E-state index contributed by atoms with van der Waals surface area (Å²) >= 11 is 7.79. The molecule has 6 rings (SSSR count). The molecule has 4 heterocycles. The highest BCUT2D eigenvalue weighted by atomic mass is 35.5. The summed E-state index contributed by atoms with van der Waals surface area (Å²) in [5.41, 5.74) is 1.73. The van der Waals surface area contributed by atoms with Gasteiger partial charge in [-0.15, -0.1) is 11.3 Å². The normalized spacial score (nSPS) is 20.2. The largest absolute Gasteiger partial charge is 0.388 e. The molecule has 4 aromatic rings. The number of fused-ring (bicyclic) bond motifs is 3.